The molecular formula is C48H68N2O15. The molecule has 17 heteroatoms. The summed E-state index contributed by atoms with van der Waals surface area (Å²) >= 11 is 0. The van der Waals surface area contributed by atoms with E-state index in [0.717, 1.165) is 5.39 Å². The number of fused-ring (bicyclic) bond motifs is 1. The molecule has 0 bridgehead atoms. The van der Waals surface area contributed by atoms with Crippen molar-refractivity contribution in [3.05, 3.63) is 66.4 Å². The summed E-state index contributed by atoms with van der Waals surface area (Å²) in [4.78, 5) is 58.7. The number of hydrogen-bond donors (Lipinski definition) is 3. The molecule has 0 radical (unpaired) electrons. The van der Waals surface area contributed by atoms with Gasteiger partial charge in [0.15, 0.2) is 18.7 Å². The van der Waals surface area contributed by atoms with Gasteiger partial charge >= 0.3 is 17.9 Å². The molecule has 3 aliphatic heterocycles. The van der Waals surface area contributed by atoms with Gasteiger partial charge < -0.3 is 62.9 Å². The van der Waals surface area contributed by atoms with Crippen LogP contribution in [0.4, 0.5) is 0 Å². The highest BCUT2D eigenvalue weighted by Gasteiger charge is 2.53. The van der Waals surface area contributed by atoms with Gasteiger partial charge in [0.25, 0.3) is 0 Å². The Bertz CT molecular complexity index is 1960. The maximum absolute atomic E-state index is 14.0. The summed E-state index contributed by atoms with van der Waals surface area (Å²) in [5.74, 6) is -3.25. The number of aliphatic hydroxyl groups is 3. The van der Waals surface area contributed by atoms with Gasteiger partial charge in [-0.2, -0.15) is 0 Å². The van der Waals surface area contributed by atoms with E-state index >= 15 is 0 Å². The number of esters is 3. The molecular weight excluding hydrogens is 845 g/mol. The van der Waals surface area contributed by atoms with Crippen molar-refractivity contribution in [2.45, 2.75) is 165 Å². The lowest BCUT2D eigenvalue weighted by molar-refractivity contribution is -0.344. The minimum absolute atomic E-state index is 0.0296. The highest BCUT2D eigenvalue weighted by Crippen LogP contribution is 2.38. The average Bonchev–Trinajstić information content (AvgIpc) is 3.25. The van der Waals surface area contributed by atoms with Gasteiger partial charge in [0.2, 0.25) is 0 Å². The Kier molecular flexibility index (Phi) is 18.7. The monoisotopic (exact) mass is 912 g/mol. The van der Waals surface area contributed by atoms with Crippen LogP contribution in [0.5, 0.6) is 0 Å². The number of allylic oxidation sites excluding steroid dienone is 2. The molecule has 17 nitrogen and oxygen atoms in total. The maximum atomic E-state index is 14.0. The van der Waals surface area contributed by atoms with Gasteiger partial charge in [-0.15, -0.1) is 0 Å². The molecule has 2 aromatic rings. The van der Waals surface area contributed by atoms with Crippen LogP contribution < -0.4 is 0 Å². The van der Waals surface area contributed by atoms with Gasteiger partial charge in [-0.1, -0.05) is 62.4 Å². The van der Waals surface area contributed by atoms with Crippen molar-refractivity contribution in [2.24, 2.45) is 11.8 Å². The normalized spacial score (nSPS) is 37.5. The van der Waals surface area contributed by atoms with Crippen LogP contribution in [0.2, 0.25) is 0 Å². The third kappa shape index (κ3) is 13.5. The lowest BCUT2D eigenvalue weighted by Crippen LogP contribution is -2.66. The van der Waals surface area contributed by atoms with Crippen LogP contribution in [0.1, 0.15) is 90.6 Å². The first-order chi connectivity index (χ1) is 30.9. The highest BCUT2D eigenvalue weighted by atomic mass is 16.7. The van der Waals surface area contributed by atoms with Crippen molar-refractivity contribution in [1.82, 2.24) is 9.88 Å². The first-order valence-corrected chi connectivity index (χ1v) is 22.5. The zero-order valence-corrected chi connectivity index (χ0v) is 38.9. The zero-order valence-electron chi connectivity index (χ0n) is 38.9. The molecule has 0 spiro atoms. The second-order valence-electron chi connectivity index (χ2n) is 17.9. The zero-order chi connectivity index (χ0) is 47.6. The first kappa shape index (κ1) is 51.8. The van der Waals surface area contributed by atoms with Crippen LogP contribution in [0.25, 0.3) is 10.9 Å². The molecule has 0 saturated carbocycles. The molecule has 0 unspecified atom stereocenters. The fourth-order valence-corrected chi connectivity index (χ4v) is 8.94. The van der Waals surface area contributed by atoms with E-state index in [0.29, 0.717) is 18.2 Å². The van der Waals surface area contributed by atoms with Gasteiger partial charge in [-0.3, -0.25) is 9.59 Å². The largest absolute Gasteiger partial charge is 0.462 e. The third-order valence-corrected chi connectivity index (χ3v) is 12.4. The van der Waals surface area contributed by atoms with E-state index in [9.17, 15) is 34.5 Å². The fourth-order valence-electron chi connectivity index (χ4n) is 8.94. The number of aromatic nitrogens is 1. The summed E-state index contributed by atoms with van der Waals surface area (Å²) in [6.45, 7) is 10.1. The number of hydrogen-bond acceptors (Lipinski definition) is 17. The Balaban J connectivity index is 1.50. The molecule has 1 aromatic carbocycles. The summed E-state index contributed by atoms with van der Waals surface area (Å²) in [5.41, 5.74) is -0.994. The number of methoxy groups -OCH3 is 1. The van der Waals surface area contributed by atoms with E-state index in [4.69, 9.17) is 37.9 Å². The van der Waals surface area contributed by atoms with E-state index in [2.05, 4.69) is 4.98 Å². The van der Waals surface area contributed by atoms with E-state index in [1.807, 2.05) is 19.1 Å². The van der Waals surface area contributed by atoms with E-state index in [1.54, 1.807) is 96.1 Å². The molecule has 0 aliphatic carbocycles. The average molecular weight is 913 g/mol. The molecule has 5 rings (SSSR count). The van der Waals surface area contributed by atoms with Crippen LogP contribution >= 0.6 is 0 Å². The molecule has 2 fully saturated rings. The van der Waals surface area contributed by atoms with Crippen molar-refractivity contribution in [3.8, 4) is 0 Å². The van der Waals surface area contributed by atoms with Crippen LogP contribution in [0.3, 0.4) is 0 Å². The second kappa shape index (κ2) is 23.5. The summed E-state index contributed by atoms with van der Waals surface area (Å²) < 4.78 is 49.4. The van der Waals surface area contributed by atoms with E-state index < -0.39 is 121 Å². The molecule has 0 amide bonds. The second-order valence-corrected chi connectivity index (χ2v) is 17.9. The molecule has 2 saturated heterocycles. The quantitative estimate of drug-likeness (QED) is 0.154. The first-order valence-electron chi connectivity index (χ1n) is 22.5. The fraction of sp³-hybridized carbons (Fsp3) is 0.646. The number of pyridine rings is 1. The Morgan fingerprint density at radius 1 is 0.969 bits per heavy atom. The number of aldehydes is 1. The van der Waals surface area contributed by atoms with Gasteiger partial charge in [-0.05, 0) is 72.2 Å². The van der Waals surface area contributed by atoms with Gasteiger partial charge in [-0.25, -0.2) is 9.78 Å². The number of para-hydroxylation sites is 1. The van der Waals surface area contributed by atoms with Crippen LogP contribution in [0.15, 0.2) is 60.7 Å². The highest BCUT2D eigenvalue weighted by molar-refractivity contribution is 5.91. The topological polar surface area (TPSA) is 219 Å². The number of carbonyl (C=O) groups is 4. The lowest BCUT2D eigenvalue weighted by atomic mass is 9.82. The number of carbonyl (C=O) groups excluding carboxylic acids is 4. The smallest absolute Gasteiger partial charge is 0.357 e. The Hall–Kier alpha value is -4.17. The number of ether oxygens (including phenoxy) is 8. The summed E-state index contributed by atoms with van der Waals surface area (Å²) in [6, 6.07) is 9.67. The van der Waals surface area contributed by atoms with Crippen LogP contribution in [-0.4, -0.2) is 156 Å². The Morgan fingerprint density at radius 2 is 1.71 bits per heavy atom. The van der Waals surface area contributed by atoms with Gasteiger partial charge in [0.05, 0.1) is 42.4 Å². The van der Waals surface area contributed by atoms with Crippen LogP contribution in [-0.2, 0) is 52.3 Å². The van der Waals surface area contributed by atoms with Crippen molar-refractivity contribution >= 4 is 35.1 Å². The van der Waals surface area contributed by atoms with Crippen molar-refractivity contribution in [1.29, 1.82) is 0 Å². The molecule has 360 valence electrons. The minimum Gasteiger partial charge on any atom is -0.462 e. The predicted molar refractivity (Wildman–Crippen MR) is 236 cm³/mol. The van der Waals surface area contributed by atoms with Crippen molar-refractivity contribution in [3.63, 3.8) is 0 Å². The third-order valence-electron chi connectivity index (χ3n) is 12.4. The van der Waals surface area contributed by atoms with Gasteiger partial charge in [0, 0.05) is 38.2 Å². The van der Waals surface area contributed by atoms with E-state index in [1.165, 1.54) is 13.2 Å². The minimum atomic E-state index is -1.51. The maximum Gasteiger partial charge on any atom is 0.357 e. The number of likely N-dealkylation sites (N-methyl/N-ethyl adjacent to an activating group) is 1. The Labute approximate surface area is 381 Å². The summed E-state index contributed by atoms with van der Waals surface area (Å²) in [5, 5.41) is 35.7. The molecule has 65 heavy (non-hydrogen) atoms. The number of rotatable bonds is 12. The SMILES string of the molecule is CCC(=O)O[C@H]1[C@H](C)O[C@@H](O[C@H]2[C@H](N(C)C)[C@@H](O)[C@H](O[C@H]3[C@@H](CC=O)C[C@@H](C)[C@@H](O)/C=C/C=C/C[C@@H](C)OC(=O)C[C@H](OC(=O)c4ccc5ccccc5n4)[C@@H]3OC)O[C@@H]2C)C[C@@]1(C)O. The summed E-state index contributed by atoms with van der Waals surface area (Å²) in [6.07, 6.45) is -5.02. The summed E-state index contributed by atoms with van der Waals surface area (Å²) in [7, 11) is 4.84. The molecule has 3 N–H and O–H groups in total. The number of aliphatic hydroxyl groups excluding tert-OH is 2. The molecule has 3 aliphatic rings. The number of benzene rings is 1. The molecule has 4 heterocycles. The molecule has 16 atom stereocenters. The molecule has 1 aromatic heterocycles. The lowest BCUT2D eigenvalue weighted by Gasteiger charge is -2.50. The predicted octanol–water partition coefficient (Wildman–Crippen LogP) is 4.22. The van der Waals surface area contributed by atoms with E-state index in [-0.39, 0.29) is 31.4 Å². The van der Waals surface area contributed by atoms with Crippen LogP contribution in [0, 0.1) is 11.8 Å². The number of nitrogens with zero attached hydrogens (tertiary/aromatic N) is 2. The van der Waals surface area contributed by atoms with Gasteiger partial charge in [0.1, 0.15) is 48.1 Å². The van der Waals surface area contributed by atoms with Crippen molar-refractivity contribution in [2.75, 3.05) is 21.2 Å². The van der Waals surface area contributed by atoms with Crippen molar-refractivity contribution < 1.29 is 72.4 Å². The number of cyclic esters (lactones) is 1. The Morgan fingerprint density at radius 3 is 2.38 bits per heavy atom. The standard InChI is InChI=1S/C48H68N2O15/c1-10-37(53)63-45-30(5)60-39(26-48(45,6)57)64-42-29(4)61-47(41(55)40(42)50(7)8)65-43-32(22-23-51)24-27(2)35(52)19-13-11-12-16-28(3)59-38(54)25-36(44(43)58-9)62-46(56)34-21-20-31-17-14-15-18-33(31)49-34/h11-15,17-21,23,27-30,32,35-36,39-45,47,52,55,57H,10,16,22,24-26H2,1-9H3/b12-11+,19-13+/t27-,28-,29-,30+,32+,35+,36+,39+,40-,41-,42-,43+,44+,45+,47+,48-/m1/s1.